The van der Waals surface area contributed by atoms with Crippen molar-refractivity contribution in [2.24, 2.45) is 0 Å². The van der Waals surface area contributed by atoms with Crippen LogP contribution in [-0.2, 0) is 23.1 Å². The largest absolute Gasteiger partial charge is 0.492 e. The van der Waals surface area contributed by atoms with E-state index in [1.54, 1.807) is 54.6 Å². The number of amides is 1. The normalized spacial score (nSPS) is 11.1. The lowest BCUT2D eigenvalue weighted by molar-refractivity contribution is 0.0951. The Morgan fingerprint density at radius 3 is 2.31 bits per heavy atom. The van der Waals surface area contributed by atoms with Gasteiger partial charge in [0.05, 0.1) is 25.1 Å². The monoisotopic (exact) mass is 472 g/mol. The van der Waals surface area contributed by atoms with Gasteiger partial charge in [0.25, 0.3) is 5.91 Å². The Labute approximate surface area is 193 Å². The molecule has 8 heteroatoms. The van der Waals surface area contributed by atoms with Crippen LogP contribution in [0.2, 0.25) is 5.02 Å². The Kier molecular flexibility index (Phi) is 7.77. The summed E-state index contributed by atoms with van der Waals surface area (Å²) in [7, 11) is -3.57. The van der Waals surface area contributed by atoms with E-state index in [1.165, 1.54) is 4.31 Å². The molecule has 0 aliphatic rings. The molecule has 1 amide bonds. The van der Waals surface area contributed by atoms with Crippen LogP contribution < -0.4 is 14.4 Å². The fraction of sp³-hybridized carbons (Fsp3) is 0.208. The number of anilines is 1. The third-order valence-corrected chi connectivity index (χ3v) is 6.27. The molecular weight excluding hydrogens is 448 g/mol. The van der Waals surface area contributed by atoms with Gasteiger partial charge in [0.15, 0.2) is 0 Å². The van der Waals surface area contributed by atoms with E-state index in [-0.39, 0.29) is 12.5 Å². The predicted octanol–water partition coefficient (Wildman–Crippen LogP) is 4.63. The van der Waals surface area contributed by atoms with Crippen LogP contribution in [0.4, 0.5) is 5.69 Å². The Balaban J connectivity index is 1.74. The summed E-state index contributed by atoms with van der Waals surface area (Å²) in [6, 6.07) is 21.2. The molecule has 3 aromatic rings. The van der Waals surface area contributed by atoms with E-state index in [0.717, 1.165) is 17.4 Å². The highest BCUT2D eigenvalue weighted by Gasteiger charge is 2.21. The van der Waals surface area contributed by atoms with Crippen LogP contribution in [0.3, 0.4) is 0 Å². The lowest BCUT2D eigenvalue weighted by Gasteiger charge is -2.24. The molecule has 6 nitrogen and oxygen atoms in total. The summed E-state index contributed by atoms with van der Waals surface area (Å²) in [6.07, 6.45) is 1.16. The maximum Gasteiger partial charge on any atom is 0.251 e. The average Bonchev–Trinajstić information content (AvgIpc) is 2.77. The smallest absolute Gasteiger partial charge is 0.251 e. The summed E-state index contributed by atoms with van der Waals surface area (Å²) < 4.78 is 31.9. The second-order valence-corrected chi connectivity index (χ2v) is 9.46. The Morgan fingerprint density at radius 2 is 1.66 bits per heavy atom. The zero-order valence-corrected chi connectivity index (χ0v) is 19.5. The quantitative estimate of drug-likeness (QED) is 0.492. The molecule has 168 valence electrons. The van der Waals surface area contributed by atoms with Crippen LogP contribution in [-0.4, -0.2) is 27.2 Å². The molecule has 1 N–H and O–H groups in total. The van der Waals surface area contributed by atoms with Gasteiger partial charge in [0, 0.05) is 17.1 Å². The topological polar surface area (TPSA) is 75.7 Å². The molecule has 0 aliphatic heterocycles. The van der Waals surface area contributed by atoms with E-state index in [9.17, 15) is 13.2 Å². The molecule has 0 saturated heterocycles. The van der Waals surface area contributed by atoms with E-state index in [2.05, 4.69) is 5.32 Å². The average molecular weight is 473 g/mol. The van der Waals surface area contributed by atoms with Gasteiger partial charge < -0.3 is 10.1 Å². The van der Waals surface area contributed by atoms with Gasteiger partial charge >= 0.3 is 0 Å². The highest BCUT2D eigenvalue weighted by molar-refractivity contribution is 7.92. The number of nitrogens with zero attached hydrogens (tertiary/aromatic N) is 1. The molecule has 3 aromatic carbocycles. The lowest BCUT2D eigenvalue weighted by Crippen LogP contribution is -2.29. The van der Waals surface area contributed by atoms with Crippen molar-refractivity contribution in [2.45, 2.75) is 20.0 Å². The van der Waals surface area contributed by atoms with Gasteiger partial charge in [-0.2, -0.15) is 0 Å². The molecular formula is C24H25ClN2O4S. The summed E-state index contributed by atoms with van der Waals surface area (Å²) in [5.41, 5.74) is 2.51. The minimum Gasteiger partial charge on any atom is -0.492 e. The predicted molar refractivity (Wildman–Crippen MR) is 128 cm³/mol. The summed E-state index contributed by atoms with van der Waals surface area (Å²) in [5, 5.41) is 3.44. The van der Waals surface area contributed by atoms with Crippen molar-refractivity contribution < 1.29 is 17.9 Å². The maximum atomic E-state index is 12.5. The van der Waals surface area contributed by atoms with Gasteiger partial charge in [-0.25, -0.2) is 8.42 Å². The van der Waals surface area contributed by atoms with E-state index in [1.807, 2.05) is 25.1 Å². The first kappa shape index (κ1) is 23.6. The number of sulfonamides is 1. The second-order valence-electron chi connectivity index (χ2n) is 7.14. The van der Waals surface area contributed by atoms with Crippen molar-refractivity contribution in [3.05, 3.63) is 94.5 Å². The van der Waals surface area contributed by atoms with Crippen molar-refractivity contribution in [3.63, 3.8) is 0 Å². The van der Waals surface area contributed by atoms with Gasteiger partial charge in [-0.1, -0.05) is 54.1 Å². The van der Waals surface area contributed by atoms with E-state index in [0.29, 0.717) is 35.2 Å². The van der Waals surface area contributed by atoms with Crippen LogP contribution in [0.5, 0.6) is 5.75 Å². The minimum atomic E-state index is -3.57. The number of hydrogen-bond donors (Lipinski definition) is 1. The fourth-order valence-electron chi connectivity index (χ4n) is 3.17. The first-order chi connectivity index (χ1) is 15.3. The molecule has 0 saturated carbocycles. The van der Waals surface area contributed by atoms with Crippen LogP contribution in [0.15, 0.2) is 72.8 Å². The molecule has 0 unspecified atom stereocenters. The number of nitrogens with one attached hydrogen (secondary N) is 1. The van der Waals surface area contributed by atoms with Crippen molar-refractivity contribution in [2.75, 3.05) is 17.2 Å². The van der Waals surface area contributed by atoms with Crippen molar-refractivity contribution in [1.82, 2.24) is 5.32 Å². The third kappa shape index (κ3) is 6.02. The van der Waals surface area contributed by atoms with Crippen LogP contribution in [0.1, 0.15) is 28.4 Å². The Bertz CT molecular complexity index is 1180. The number of hydrogen-bond acceptors (Lipinski definition) is 4. The summed E-state index contributed by atoms with van der Waals surface area (Å²) in [6.45, 7) is 2.70. The molecule has 0 aliphatic carbocycles. The van der Waals surface area contributed by atoms with Gasteiger partial charge in [0.1, 0.15) is 5.75 Å². The third-order valence-electron chi connectivity index (χ3n) is 4.77. The standard InChI is InChI=1S/C24H25ClN2O4S/c1-3-31-23-11-7-6-10-22(23)27(32(2,29)30)17-18-12-14-19(15-13-18)24(28)26-16-20-8-4-5-9-21(20)25/h4-15H,3,16-17H2,1-2H3,(H,26,28). The highest BCUT2D eigenvalue weighted by Crippen LogP contribution is 2.31. The molecule has 0 fully saturated rings. The van der Waals surface area contributed by atoms with Gasteiger partial charge in [-0.05, 0) is 48.4 Å². The van der Waals surface area contributed by atoms with Gasteiger partial charge in [0.2, 0.25) is 10.0 Å². The molecule has 0 spiro atoms. The zero-order valence-electron chi connectivity index (χ0n) is 17.9. The zero-order chi connectivity index (χ0) is 23.1. The first-order valence-electron chi connectivity index (χ1n) is 10.1. The number of halogens is 1. The molecule has 0 heterocycles. The number of benzene rings is 3. The molecule has 0 aromatic heterocycles. The van der Waals surface area contributed by atoms with Gasteiger partial charge in [-0.15, -0.1) is 0 Å². The molecule has 3 rings (SSSR count). The molecule has 0 atom stereocenters. The molecule has 32 heavy (non-hydrogen) atoms. The van der Waals surface area contributed by atoms with Crippen molar-refractivity contribution >= 4 is 33.2 Å². The van der Waals surface area contributed by atoms with Crippen LogP contribution in [0.25, 0.3) is 0 Å². The molecule has 0 bridgehead atoms. The fourth-order valence-corrected chi connectivity index (χ4v) is 4.26. The Hall–Kier alpha value is -3.03. The minimum absolute atomic E-state index is 0.116. The number of para-hydroxylation sites is 2. The summed E-state index contributed by atoms with van der Waals surface area (Å²) in [5.74, 6) is 0.258. The SMILES string of the molecule is CCOc1ccccc1N(Cc1ccc(C(=O)NCc2ccccc2Cl)cc1)S(C)(=O)=O. The number of rotatable bonds is 9. The van der Waals surface area contributed by atoms with E-state index >= 15 is 0 Å². The summed E-state index contributed by atoms with van der Waals surface area (Å²) >= 11 is 6.13. The van der Waals surface area contributed by atoms with E-state index < -0.39 is 10.0 Å². The first-order valence-corrected chi connectivity index (χ1v) is 12.3. The maximum absolute atomic E-state index is 12.5. The van der Waals surface area contributed by atoms with Gasteiger partial charge in [-0.3, -0.25) is 9.10 Å². The van der Waals surface area contributed by atoms with Crippen molar-refractivity contribution in [1.29, 1.82) is 0 Å². The Morgan fingerprint density at radius 1 is 1.00 bits per heavy atom. The number of carbonyl (C=O) groups is 1. The van der Waals surface area contributed by atoms with Crippen LogP contribution in [0, 0.1) is 0 Å². The second kappa shape index (κ2) is 10.5. The number of carbonyl (C=O) groups excluding carboxylic acids is 1. The molecule has 0 radical (unpaired) electrons. The van der Waals surface area contributed by atoms with Crippen molar-refractivity contribution in [3.8, 4) is 5.75 Å². The van der Waals surface area contributed by atoms with E-state index in [4.69, 9.17) is 16.3 Å². The highest BCUT2D eigenvalue weighted by atomic mass is 35.5. The lowest BCUT2D eigenvalue weighted by atomic mass is 10.1. The van der Waals surface area contributed by atoms with Crippen LogP contribution >= 0.6 is 11.6 Å². The number of ether oxygens (including phenoxy) is 1. The summed E-state index contributed by atoms with van der Waals surface area (Å²) in [4.78, 5) is 12.5.